The molecule has 1 aromatic carbocycles. The lowest BCUT2D eigenvalue weighted by Gasteiger charge is -2.39. The Kier molecular flexibility index (Phi) is 7.43. The third kappa shape index (κ3) is 5.36. The van der Waals surface area contributed by atoms with E-state index in [4.69, 9.17) is 4.98 Å². The van der Waals surface area contributed by atoms with E-state index in [-0.39, 0.29) is 11.9 Å². The van der Waals surface area contributed by atoms with Crippen molar-refractivity contribution in [1.29, 1.82) is 0 Å². The van der Waals surface area contributed by atoms with Crippen LogP contribution in [0.25, 0.3) is 0 Å². The molecule has 1 aliphatic heterocycles. The maximum absolute atomic E-state index is 13.1. The summed E-state index contributed by atoms with van der Waals surface area (Å²) < 4.78 is 0. The molecule has 1 amide bonds. The summed E-state index contributed by atoms with van der Waals surface area (Å²) in [5, 5.41) is 0. The number of carbonyl (C=O) groups is 1. The predicted molar refractivity (Wildman–Crippen MR) is 122 cm³/mol. The Morgan fingerprint density at radius 2 is 1.73 bits per heavy atom. The third-order valence-electron chi connectivity index (χ3n) is 5.83. The summed E-state index contributed by atoms with van der Waals surface area (Å²) in [6.07, 6.45) is 0. The van der Waals surface area contributed by atoms with Gasteiger partial charge >= 0.3 is 0 Å². The van der Waals surface area contributed by atoms with Crippen molar-refractivity contribution >= 4 is 11.7 Å². The maximum Gasteiger partial charge on any atom is 0.239 e. The summed E-state index contributed by atoms with van der Waals surface area (Å²) in [4.78, 5) is 29.0. The van der Waals surface area contributed by atoms with Gasteiger partial charge in [0.2, 0.25) is 5.91 Å². The zero-order chi connectivity index (χ0) is 21.7. The van der Waals surface area contributed by atoms with Crippen LogP contribution in [0.1, 0.15) is 50.7 Å². The Bertz CT molecular complexity index is 831. The van der Waals surface area contributed by atoms with E-state index in [2.05, 4.69) is 53.8 Å². The average Bonchev–Trinajstić information content (AvgIpc) is 2.77. The molecule has 0 spiro atoms. The molecule has 0 radical (unpaired) electrons. The molecule has 30 heavy (non-hydrogen) atoms. The highest BCUT2D eigenvalue weighted by molar-refractivity contribution is 5.81. The number of hydrogen-bond acceptors (Lipinski definition) is 5. The van der Waals surface area contributed by atoms with Gasteiger partial charge in [-0.3, -0.25) is 9.69 Å². The number of amides is 1. The first-order valence-electron chi connectivity index (χ1n) is 11.1. The molecule has 1 fully saturated rings. The highest BCUT2D eigenvalue weighted by atomic mass is 16.2. The number of aryl methyl sites for hydroxylation is 1. The zero-order valence-corrected chi connectivity index (χ0v) is 19.0. The van der Waals surface area contributed by atoms with Gasteiger partial charge in [0, 0.05) is 56.9 Å². The molecule has 0 N–H and O–H groups in total. The number of anilines is 1. The van der Waals surface area contributed by atoms with E-state index >= 15 is 0 Å². The number of aromatic nitrogens is 2. The Morgan fingerprint density at radius 3 is 2.33 bits per heavy atom. The minimum atomic E-state index is -0.117. The summed E-state index contributed by atoms with van der Waals surface area (Å²) in [5.74, 6) is 2.42. The molecule has 2 heterocycles. The molecule has 1 aliphatic rings. The van der Waals surface area contributed by atoms with Crippen LogP contribution in [0.5, 0.6) is 0 Å². The summed E-state index contributed by atoms with van der Waals surface area (Å²) in [7, 11) is 0. The van der Waals surface area contributed by atoms with E-state index in [0.717, 1.165) is 50.1 Å². The Labute approximate surface area is 180 Å². The van der Waals surface area contributed by atoms with E-state index in [1.807, 2.05) is 36.9 Å². The number of likely N-dealkylation sites (N-methyl/N-ethyl adjacent to an activating group) is 1. The van der Waals surface area contributed by atoms with Crippen LogP contribution in [0.3, 0.4) is 0 Å². The van der Waals surface area contributed by atoms with Crippen LogP contribution in [0.4, 0.5) is 5.82 Å². The van der Waals surface area contributed by atoms with Crippen molar-refractivity contribution in [3.63, 3.8) is 0 Å². The fourth-order valence-corrected chi connectivity index (χ4v) is 3.90. The number of piperazine rings is 1. The van der Waals surface area contributed by atoms with E-state index in [0.29, 0.717) is 12.5 Å². The molecule has 6 heteroatoms. The van der Waals surface area contributed by atoms with Crippen LogP contribution in [-0.4, -0.2) is 64.4 Å². The minimum Gasteiger partial charge on any atom is -0.354 e. The Hall–Kier alpha value is -2.47. The molecule has 2 aromatic rings. The van der Waals surface area contributed by atoms with Gasteiger partial charge in [-0.1, -0.05) is 44.2 Å². The molecule has 0 bridgehead atoms. The van der Waals surface area contributed by atoms with Gasteiger partial charge in [0.1, 0.15) is 11.6 Å². The first-order chi connectivity index (χ1) is 14.4. The standard InChI is InChI=1S/C24H35N5O/c1-6-27(17-21-10-8-7-9-11-21)24(30)20(5)28-12-14-29(15-13-28)22-16-19(4)25-23(26-22)18(2)3/h7-11,16,18,20H,6,12-15,17H2,1-5H3. The molecule has 1 atom stereocenters. The van der Waals surface area contributed by atoms with Crippen molar-refractivity contribution in [3.05, 3.63) is 53.5 Å². The Balaban J connectivity index is 1.60. The van der Waals surface area contributed by atoms with Crippen LogP contribution in [-0.2, 0) is 11.3 Å². The summed E-state index contributed by atoms with van der Waals surface area (Å²) in [5.41, 5.74) is 2.18. The largest absolute Gasteiger partial charge is 0.354 e. The van der Waals surface area contributed by atoms with Gasteiger partial charge in [-0.25, -0.2) is 9.97 Å². The first-order valence-corrected chi connectivity index (χ1v) is 11.1. The van der Waals surface area contributed by atoms with Crippen molar-refractivity contribution in [2.75, 3.05) is 37.6 Å². The van der Waals surface area contributed by atoms with E-state index in [9.17, 15) is 4.79 Å². The quantitative estimate of drug-likeness (QED) is 0.701. The minimum absolute atomic E-state index is 0.117. The third-order valence-corrected chi connectivity index (χ3v) is 5.83. The van der Waals surface area contributed by atoms with Crippen LogP contribution >= 0.6 is 0 Å². The van der Waals surface area contributed by atoms with Crippen molar-refractivity contribution < 1.29 is 4.79 Å². The highest BCUT2D eigenvalue weighted by Crippen LogP contribution is 2.20. The SMILES string of the molecule is CCN(Cc1ccccc1)C(=O)C(C)N1CCN(c2cc(C)nc(C(C)C)n2)CC1. The van der Waals surface area contributed by atoms with E-state index in [1.54, 1.807) is 0 Å². The fraction of sp³-hybridized carbons (Fsp3) is 0.542. The topological polar surface area (TPSA) is 52.6 Å². The van der Waals surface area contributed by atoms with Crippen molar-refractivity contribution in [3.8, 4) is 0 Å². The number of rotatable bonds is 7. The molecular formula is C24H35N5O. The predicted octanol–water partition coefficient (Wildman–Crippen LogP) is 3.47. The summed E-state index contributed by atoms with van der Waals surface area (Å²) in [6.45, 7) is 15.2. The molecule has 1 aromatic heterocycles. The smallest absolute Gasteiger partial charge is 0.239 e. The summed E-state index contributed by atoms with van der Waals surface area (Å²) >= 11 is 0. The van der Waals surface area contributed by atoms with Crippen LogP contribution in [0, 0.1) is 6.92 Å². The second kappa shape index (κ2) is 10.0. The maximum atomic E-state index is 13.1. The van der Waals surface area contributed by atoms with Crippen LogP contribution in [0.2, 0.25) is 0 Å². The lowest BCUT2D eigenvalue weighted by Crippen LogP contribution is -2.54. The molecular weight excluding hydrogens is 374 g/mol. The summed E-state index contributed by atoms with van der Waals surface area (Å²) in [6, 6.07) is 12.2. The molecule has 0 saturated carbocycles. The lowest BCUT2D eigenvalue weighted by molar-refractivity contribution is -0.137. The van der Waals surface area contributed by atoms with E-state index in [1.165, 1.54) is 5.56 Å². The van der Waals surface area contributed by atoms with E-state index < -0.39 is 0 Å². The lowest BCUT2D eigenvalue weighted by atomic mass is 10.1. The molecule has 1 unspecified atom stereocenters. The van der Waals surface area contributed by atoms with Crippen LogP contribution < -0.4 is 4.90 Å². The normalized spacial score (nSPS) is 16.0. The first kappa shape index (κ1) is 22.2. The van der Waals surface area contributed by atoms with Gasteiger partial charge in [0.05, 0.1) is 6.04 Å². The molecule has 1 saturated heterocycles. The fourth-order valence-electron chi connectivity index (χ4n) is 3.90. The zero-order valence-electron chi connectivity index (χ0n) is 19.0. The number of nitrogens with zero attached hydrogens (tertiary/aromatic N) is 5. The Morgan fingerprint density at radius 1 is 1.07 bits per heavy atom. The molecule has 6 nitrogen and oxygen atoms in total. The van der Waals surface area contributed by atoms with Gasteiger partial charge in [-0.05, 0) is 26.3 Å². The molecule has 3 rings (SSSR count). The van der Waals surface area contributed by atoms with Crippen molar-refractivity contribution in [2.45, 2.75) is 53.1 Å². The molecule has 162 valence electrons. The van der Waals surface area contributed by atoms with Crippen LogP contribution in [0.15, 0.2) is 36.4 Å². The second-order valence-electron chi connectivity index (χ2n) is 8.42. The van der Waals surface area contributed by atoms with Gasteiger partial charge in [0.15, 0.2) is 0 Å². The van der Waals surface area contributed by atoms with Crippen molar-refractivity contribution in [1.82, 2.24) is 19.8 Å². The monoisotopic (exact) mass is 409 g/mol. The van der Waals surface area contributed by atoms with Gasteiger partial charge in [0.25, 0.3) is 0 Å². The molecule has 0 aliphatic carbocycles. The average molecular weight is 410 g/mol. The second-order valence-corrected chi connectivity index (χ2v) is 8.42. The van der Waals surface area contributed by atoms with Crippen molar-refractivity contribution in [2.24, 2.45) is 0 Å². The van der Waals surface area contributed by atoms with Gasteiger partial charge < -0.3 is 9.80 Å². The number of benzene rings is 1. The van der Waals surface area contributed by atoms with Gasteiger partial charge in [-0.15, -0.1) is 0 Å². The highest BCUT2D eigenvalue weighted by Gasteiger charge is 2.29. The number of hydrogen-bond donors (Lipinski definition) is 0. The van der Waals surface area contributed by atoms with Gasteiger partial charge in [-0.2, -0.15) is 0 Å². The number of carbonyl (C=O) groups excluding carboxylic acids is 1.